The number of nitrogens with zero attached hydrogens (tertiary/aromatic N) is 2. The first-order valence-electron chi connectivity index (χ1n) is 6.08. The Bertz CT molecular complexity index is 581. The van der Waals surface area contributed by atoms with E-state index < -0.39 is 0 Å². The van der Waals surface area contributed by atoms with Gasteiger partial charge in [0.2, 0.25) is 0 Å². The largest absolute Gasteiger partial charge is 0.383 e. The Hall–Kier alpha value is -1.77. The number of aromatic nitrogens is 2. The first kappa shape index (κ1) is 10.4. The van der Waals surface area contributed by atoms with E-state index in [9.17, 15) is 0 Å². The van der Waals surface area contributed by atoms with Crippen molar-refractivity contribution in [3.63, 3.8) is 0 Å². The summed E-state index contributed by atoms with van der Waals surface area (Å²) in [5.74, 6) is 0.750. The summed E-state index contributed by atoms with van der Waals surface area (Å²) in [5.41, 5.74) is 12.3. The fraction of sp³-hybridized carbons (Fsp3) is 0.357. The molecule has 2 aromatic rings. The predicted molar refractivity (Wildman–Crippen MR) is 69.8 cm³/mol. The van der Waals surface area contributed by atoms with Crippen LogP contribution in [0.15, 0.2) is 18.2 Å². The highest BCUT2D eigenvalue weighted by Gasteiger charge is 2.16. The van der Waals surface area contributed by atoms with Crippen molar-refractivity contribution in [2.24, 2.45) is 7.05 Å². The highest BCUT2D eigenvalue weighted by molar-refractivity contribution is 5.77. The molecule has 0 atom stereocenters. The van der Waals surface area contributed by atoms with E-state index in [0.717, 1.165) is 17.1 Å². The molecule has 0 spiro atoms. The summed E-state index contributed by atoms with van der Waals surface area (Å²) >= 11 is 0. The van der Waals surface area contributed by atoms with Crippen LogP contribution in [0.25, 0.3) is 11.1 Å². The average molecular weight is 227 g/mol. The predicted octanol–water partition coefficient (Wildman–Crippen LogP) is 2.47. The van der Waals surface area contributed by atoms with Crippen LogP contribution in [0.5, 0.6) is 0 Å². The van der Waals surface area contributed by atoms with Crippen LogP contribution in [0.4, 0.5) is 5.82 Å². The molecular formula is C14H17N3. The number of hydrogen-bond donors (Lipinski definition) is 1. The maximum atomic E-state index is 6.08. The van der Waals surface area contributed by atoms with Crippen molar-refractivity contribution in [2.75, 3.05) is 5.73 Å². The van der Waals surface area contributed by atoms with Crippen molar-refractivity contribution in [3.8, 4) is 11.1 Å². The van der Waals surface area contributed by atoms with E-state index in [1.807, 2.05) is 14.0 Å². The van der Waals surface area contributed by atoms with Gasteiger partial charge in [-0.3, -0.25) is 4.68 Å². The Morgan fingerprint density at radius 1 is 1.24 bits per heavy atom. The molecule has 0 saturated carbocycles. The second kappa shape index (κ2) is 3.62. The molecule has 1 aliphatic rings. The standard InChI is InChI=1S/C14H17N3/c1-9-13(14(15)17(2)16-9)12-7-6-10-4-3-5-11(10)8-12/h6-8H,3-5,15H2,1-2H3. The third kappa shape index (κ3) is 1.54. The van der Waals surface area contributed by atoms with Gasteiger partial charge in [0, 0.05) is 12.6 Å². The molecular weight excluding hydrogens is 210 g/mol. The second-order valence-corrected chi connectivity index (χ2v) is 4.81. The van der Waals surface area contributed by atoms with Crippen LogP contribution < -0.4 is 5.73 Å². The van der Waals surface area contributed by atoms with Gasteiger partial charge in [-0.2, -0.15) is 5.10 Å². The Morgan fingerprint density at radius 3 is 2.71 bits per heavy atom. The van der Waals surface area contributed by atoms with Crippen LogP contribution in [0, 0.1) is 6.92 Å². The van der Waals surface area contributed by atoms with Gasteiger partial charge in [0.1, 0.15) is 5.82 Å². The lowest BCUT2D eigenvalue weighted by molar-refractivity contribution is 0.767. The molecule has 2 N–H and O–H groups in total. The lowest BCUT2D eigenvalue weighted by Crippen LogP contribution is -1.98. The van der Waals surface area contributed by atoms with Crippen molar-refractivity contribution in [1.29, 1.82) is 0 Å². The summed E-state index contributed by atoms with van der Waals surface area (Å²) in [5, 5.41) is 4.37. The lowest BCUT2D eigenvalue weighted by Gasteiger charge is -2.05. The molecule has 0 bridgehead atoms. The second-order valence-electron chi connectivity index (χ2n) is 4.81. The van der Waals surface area contributed by atoms with E-state index >= 15 is 0 Å². The SMILES string of the molecule is Cc1nn(C)c(N)c1-c1ccc2c(c1)CCC2. The first-order chi connectivity index (χ1) is 8.16. The minimum absolute atomic E-state index is 0.750. The minimum atomic E-state index is 0.750. The summed E-state index contributed by atoms with van der Waals surface area (Å²) in [6.45, 7) is 2.01. The number of benzene rings is 1. The number of rotatable bonds is 1. The number of fused-ring (bicyclic) bond motifs is 1. The fourth-order valence-electron chi connectivity index (χ4n) is 2.76. The molecule has 88 valence electrons. The summed E-state index contributed by atoms with van der Waals surface area (Å²) in [6, 6.07) is 6.69. The maximum absolute atomic E-state index is 6.08. The van der Waals surface area contributed by atoms with Crippen LogP contribution >= 0.6 is 0 Å². The highest BCUT2D eigenvalue weighted by atomic mass is 15.3. The van der Waals surface area contributed by atoms with Crippen LogP contribution in [-0.2, 0) is 19.9 Å². The third-order valence-electron chi connectivity index (χ3n) is 3.65. The van der Waals surface area contributed by atoms with Gasteiger partial charge in [0.05, 0.1) is 5.69 Å². The van der Waals surface area contributed by atoms with Crippen molar-refractivity contribution in [3.05, 3.63) is 35.0 Å². The highest BCUT2D eigenvalue weighted by Crippen LogP contribution is 2.32. The van der Waals surface area contributed by atoms with Gasteiger partial charge in [-0.1, -0.05) is 18.2 Å². The monoisotopic (exact) mass is 227 g/mol. The molecule has 0 aliphatic heterocycles. The molecule has 0 saturated heterocycles. The first-order valence-corrected chi connectivity index (χ1v) is 6.08. The van der Waals surface area contributed by atoms with Gasteiger partial charge in [0.25, 0.3) is 0 Å². The maximum Gasteiger partial charge on any atom is 0.129 e. The summed E-state index contributed by atoms with van der Waals surface area (Å²) in [6.07, 6.45) is 3.69. The third-order valence-corrected chi connectivity index (χ3v) is 3.65. The van der Waals surface area contributed by atoms with Crippen molar-refractivity contribution in [1.82, 2.24) is 9.78 Å². The Kier molecular flexibility index (Phi) is 2.21. The molecule has 3 nitrogen and oxygen atoms in total. The van der Waals surface area contributed by atoms with E-state index in [0.29, 0.717) is 0 Å². The molecule has 3 heteroatoms. The zero-order valence-corrected chi connectivity index (χ0v) is 10.3. The molecule has 17 heavy (non-hydrogen) atoms. The van der Waals surface area contributed by atoms with Gasteiger partial charge in [-0.15, -0.1) is 0 Å². The smallest absolute Gasteiger partial charge is 0.129 e. The van der Waals surface area contributed by atoms with Crippen LogP contribution in [0.2, 0.25) is 0 Å². The van der Waals surface area contributed by atoms with Crippen molar-refractivity contribution < 1.29 is 0 Å². The van der Waals surface area contributed by atoms with E-state index in [1.165, 1.54) is 36.0 Å². The van der Waals surface area contributed by atoms with Gasteiger partial charge >= 0.3 is 0 Å². The summed E-state index contributed by atoms with van der Waals surface area (Å²) < 4.78 is 1.75. The van der Waals surface area contributed by atoms with Gasteiger partial charge in [0.15, 0.2) is 0 Å². The molecule has 0 amide bonds. The molecule has 1 aromatic carbocycles. The minimum Gasteiger partial charge on any atom is -0.383 e. The quantitative estimate of drug-likeness (QED) is 0.813. The number of anilines is 1. The summed E-state index contributed by atoms with van der Waals surface area (Å²) in [4.78, 5) is 0. The number of aryl methyl sites for hydroxylation is 4. The van der Waals surface area contributed by atoms with Crippen LogP contribution in [0.3, 0.4) is 0 Å². The molecule has 0 unspecified atom stereocenters. The van der Waals surface area contributed by atoms with Crippen LogP contribution in [-0.4, -0.2) is 9.78 Å². The Morgan fingerprint density at radius 2 is 2.00 bits per heavy atom. The molecule has 3 rings (SSSR count). The normalized spacial score (nSPS) is 14.0. The van der Waals surface area contributed by atoms with Crippen molar-refractivity contribution in [2.45, 2.75) is 26.2 Å². The molecule has 0 fully saturated rings. The zero-order chi connectivity index (χ0) is 12.0. The molecule has 0 radical (unpaired) electrons. The van der Waals surface area contributed by atoms with Gasteiger partial charge < -0.3 is 5.73 Å². The number of hydrogen-bond acceptors (Lipinski definition) is 2. The van der Waals surface area contributed by atoms with Crippen LogP contribution in [0.1, 0.15) is 23.2 Å². The molecule has 1 heterocycles. The molecule has 1 aromatic heterocycles. The Labute approximate surface area is 101 Å². The lowest BCUT2D eigenvalue weighted by atomic mass is 10.0. The van der Waals surface area contributed by atoms with Gasteiger partial charge in [-0.05, 0) is 42.9 Å². The molecule has 1 aliphatic carbocycles. The zero-order valence-electron chi connectivity index (χ0n) is 10.3. The number of nitrogen functional groups attached to an aromatic ring is 1. The average Bonchev–Trinajstić information content (AvgIpc) is 2.84. The van der Waals surface area contributed by atoms with E-state index in [1.54, 1.807) is 4.68 Å². The summed E-state index contributed by atoms with van der Waals surface area (Å²) in [7, 11) is 1.89. The van der Waals surface area contributed by atoms with E-state index in [-0.39, 0.29) is 0 Å². The van der Waals surface area contributed by atoms with E-state index in [4.69, 9.17) is 5.73 Å². The fourth-order valence-corrected chi connectivity index (χ4v) is 2.76. The van der Waals surface area contributed by atoms with Gasteiger partial charge in [-0.25, -0.2) is 0 Å². The topological polar surface area (TPSA) is 43.8 Å². The van der Waals surface area contributed by atoms with E-state index in [2.05, 4.69) is 23.3 Å². The van der Waals surface area contributed by atoms with Crippen molar-refractivity contribution >= 4 is 5.82 Å². The number of nitrogens with two attached hydrogens (primary N) is 1. The Balaban J connectivity index is 2.15.